The number of rotatable bonds is 6. The Kier molecular flexibility index (Phi) is 5.54. The maximum absolute atomic E-state index is 5.49. The highest BCUT2D eigenvalue weighted by molar-refractivity contribution is 5.49. The zero-order valence-electron chi connectivity index (χ0n) is 12.9. The topological polar surface area (TPSA) is 67.1 Å². The Labute approximate surface area is 116 Å². The lowest BCUT2D eigenvalue weighted by Crippen LogP contribution is -2.31. The molecule has 0 aromatic carbocycles. The second kappa shape index (κ2) is 6.70. The fraction of sp³-hybridized carbons (Fsp3) is 0.714. The van der Waals surface area contributed by atoms with Crippen molar-refractivity contribution in [2.24, 2.45) is 11.8 Å². The lowest BCUT2D eigenvalue weighted by Gasteiger charge is -2.28. The smallest absolute Gasteiger partial charge is 0.145 e. The summed E-state index contributed by atoms with van der Waals surface area (Å²) in [6.07, 6.45) is 1.13. The van der Waals surface area contributed by atoms with Crippen molar-refractivity contribution in [2.45, 2.75) is 53.0 Å². The molecule has 0 amide bonds. The van der Waals surface area contributed by atoms with Crippen LogP contribution in [0, 0.1) is 5.92 Å². The average molecular weight is 265 g/mol. The number of nitrogens with one attached hydrogen (secondary N) is 1. The Balaban J connectivity index is 3.01. The molecule has 1 aromatic heterocycles. The molecule has 0 radical (unpaired) electrons. The summed E-state index contributed by atoms with van der Waals surface area (Å²) in [5, 5.41) is 0. The zero-order valence-corrected chi connectivity index (χ0v) is 12.9. The third-order valence-electron chi connectivity index (χ3n) is 3.23. The molecule has 1 heterocycles. The largest absolute Gasteiger partial charge is 0.357 e. The normalized spacial score (nSPS) is 12.9. The van der Waals surface area contributed by atoms with Gasteiger partial charge in [0.05, 0.1) is 0 Å². The minimum Gasteiger partial charge on any atom is -0.357 e. The number of hydrogen-bond donors (Lipinski definition) is 2. The van der Waals surface area contributed by atoms with E-state index >= 15 is 0 Å². The molecule has 108 valence electrons. The van der Waals surface area contributed by atoms with Crippen LogP contribution in [0.5, 0.6) is 0 Å². The Bertz CT molecular complexity index is 403. The van der Waals surface area contributed by atoms with Gasteiger partial charge in [0.1, 0.15) is 17.5 Å². The lowest BCUT2D eigenvalue weighted by atomic mass is 10.0. The van der Waals surface area contributed by atoms with E-state index in [1.165, 1.54) is 0 Å². The summed E-state index contributed by atoms with van der Waals surface area (Å²) in [5.74, 6) is 8.82. The first-order chi connectivity index (χ1) is 8.85. The standard InChI is InChI=1S/C14H27N5/c1-9(2)7-11(5)19(6)13-8-12(18-15)16-14(17-13)10(3)4/h8-11H,7,15H2,1-6H3,(H,16,17,18). The molecule has 1 aromatic rings. The quantitative estimate of drug-likeness (QED) is 0.611. The van der Waals surface area contributed by atoms with E-state index in [1.807, 2.05) is 6.07 Å². The second-order valence-corrected chi connectivity index (χ2v) is 5.86. The van der Waals surface area contributed by atoms with Gasteiger partial charge in [-0.3, -0.25) is 0 Å². The summed E-state index contributed by atoms with van der Waals surface area (Å²) in [6, 6.07) is 2.32. The molecule has 5 nitrogen and oxygen atoms in total. The number of anilines is 2. The monoisotopic (exact) mass is 265 g/mol. The van der Waals surface area contributed by atoms with E-state index in [-0.39, 0.29) is 5.92 Å². The lowest BCUT2D eigenvalue weighted by molar-refractivity contribution is 0.501. The minimum absolute atomic E-state index is 0.279. The van der Waals surface area contributed by atoms with E-state index in [0.29, 0.717) is 17.8 Å². The summed E-state index contributed by atoms with van der Waals surface area (Å²) in [4.78, 5) is 11.2. The Morgan fingerprint density at radius 2 is 1.84 bits per heavy atom. The van der Waals surface area contributed by atoms with Crippen LogP contribution in [-0.2, 0) is 0 Å². The highest BCUT2D eigenvalue weighted by Crippen LogP contribution is 2.22. The van der Waals surface area contributed by atoms with Crippen molar-refractivity contribution < 1.29 is 0 Å². The van der Waals surface area contributed by atoms with E-state index in [9.17, 15) is 0 Å². The van der Waals surface area contributed by atoms with E-state index in [2.05, 4.69) is 62.0 Å². The molecular formula is C14H27N5. The molecule has 0 saturated heterocycles. The molecule has 1 unspecified atom stereocenters. The summed E-state index contributed by atoms with van der Waals surface area (Å²) in [5.41, 5.74) is 2.62. The second-order valence-electron chi connectivity index (χ2n) is 5.86. The predicted molar refractivity (Wildman–Crippen MR) is 81.3 cm³/mol. The van der Waals surface area contributed by atoms with E-state index in [1.54, 1.807) is 0 Å². The fourth-order valence-corrected chi connectivity index (χ4v) is 2.03. The summed E-state index contributed by atoms with van der Waals surface area (Å²) in [7, 11) is 2.07. The van der Waals surface area contributed by atoms with Crippen LogP contribution in [0.2, 0.25) is 0 Å². The number of hydrazine groups is 1. The van der Waals surface area contributed by atoms with Crippen LogP contribution >= 0.6 is 0 Å². The summed E-state index contributed by atoms with van der Waals surface area (Å²) >= 11 is 0. The van der Waals surface area contributed by atoms with Crippen LogP contribution in [0.3, 0.4) is 0 Å². The van der Waals surface area contributed by atoms with Gasteiger partial charge in [-0.25, -0.2) is 15.8 Å². The molecule has 0 bridgehead atoms. The molecule has 0 aliphatic heterocycles. The van der Waals surface area contributed by atoms with Crippen molar-refractivity contribution in [2.75, 3.05) is 17.4 Å². The minimum atomic E-state index is 0.279. The molecule has 1 rings (SSSR count). The van der Waals surface area contributed by atoms with Gasteiger partial charge in [-0.15, -0.1) is 0 Å². The van der Waals surface area contributed by atoms with Crippen molar-refractivity contribution in [1.29, 1.82) is 0 Å². The number of nitrogens with two attached hydrogens (primary N) is 1. The van der Waals surface area contributed by atoms with E-state index in [4.69, 9.17) is 5.84 Å². The Morgan fingerprint density at radius 3 is 2.32 bits per heavy atom. The molecule has 3 N–H and O–H groups in total. The van der Waals surface area contributed by atoms with Gasteiger partial charge in [0.15, 0.2) is 0 Å². The number of nitrogens with zero attached hydrogens (tertiary/aromatic N) is 3. The van der Waals surface area contributed by atoms with Crippen molar-refractivity contribution >= 4 is 11.6 Å². The number of nitrogen functional groups attached to an aromatic ring is 1. The first kappa shape index (κ1) is 15.7. The van der Waals surface area contributed by atoms with Gasteiger partial charge in [0, 0.05) is 25.1 Å². The van der Waals surface area contributed by atoms with Crippen LogP contribution < -0.4 is 16.2 Å². The summed E-state index contributed by atoms with van der Waals surface area (Å²) in [6.45, 7) is 10.8. The molecule has 0 aliphatic rings. The van der Waals surface area contributed by atoms with Crippen molar-refractivity contribution in [3.05, 3.63) is 11.9 Å². The first-order valence-electron chi connectivity index (χ1n) is 6.93. The van der Waals surface area contributed by atoms with Crippen LogP contribution in [-0.4, -0.2) is 23.1 Å². The van der Waals surface area contributed by atoms with E-state index < -0.39 is 0 Å². The molecule has 0 saturated carbocycles. The van der Waals surface area contributed by atoms with Gasteiger partial charge in [0.25, 0.3) is 0 Å². The van der Waals surface area contributed by atoms with Gasteiger partial charge >= 0.3 is 0 Å². The zero-order chi connectivity index (χ0) is 14.6. The van der Waals surface area contributed by atoms with Crippen LogP contribution in [0.1, 0.15) is 52.8 Å². The molecule has 19 heavy (non-hydrogen) atoms. The highest BCUT2D eigenvalue weighted by Gasteiger charge is 2.16. The van der Waals surface area contributed by atoms with Crippen molar-refractivity contribution in [3.63, 3.8) is 0 Å². The SMILES string of the molecule is CC(C)CC(C)N(C)c1cc(NN)nc(C(C)C)n1. The van der Waals surface area contributed by atoms with Gasteiger partial charge in [0.2, 0.25) is 0 Å². The maximum Gasteiger partial charge on any atom is 0.145 e. The fourth-order valence-electron chi connectivity index (χ4n) is 2.03. The number of hydrogen-bond acceptors (Lipinski definition) is 5. The van der Waals surface area contributed by atoms with Crippen LogP contribution in [0.15, 0.2) is 6.07 Å². The molecule has 1 atom stereocenters. The number of aromatic nitrogens is 2. The first-order valence-corrected chi connectivity index (χ1v) is 6.93. The van der Waals surface area contributed by atoms with Gasteiger partial charge in [-0.05, 0) is 19.3 Å². The van der Waals surface area contributed by atoms with Crippen molar-refractivity contribution in [1.82, 2.24) is 9.97 Å². The van der Waals surface area contributed by atoms with Crippen molar-refractivity contribution in [3.8, 4) is 0 Å². The maximum atomic E-state index is 5.49. The van der Waals surface area contributed by atoms with E-state index in [0.717, 1.165) is 18.1 Å². The summed E-state index contributed by atoms with van der Waals surface area (Å²) < 4.78 is 0. The molecule has 0 aliphatic carbocycles. The Hall–Kier alpha value is -1.36. The van der Waals surface area contributed by atoms with Crippen LogP contribution in [0.4, 0.5) is 11.6 Å². The molecular weight excluding hydrogens is 238 g/mol. The van der Waals surface area contributed by atoms with Gasteiger partial charge in [-0.2, -0.15) is 0 Å². The average Bonchev–Trinajstić information content (AvgIpc) is 2.36. The highest BCUT2D eigenvalue weighted by atomic mass is 15.3. The third-order valence-corrected chi connectivity index (χ3v) is 3.23. The third kappa shape index (κ3) is 4.35. The Morgan fingerprint density at radius 1 is 1.21 bits per heavy atom. The molecule has 5 heteroatoms. The molecule has 0 spiro atoms. The van der Waals surface area contributed by atoms with Gasteiger partial charge < -0.3 is 10.3 Å². The van der Waals surface area contributed by atoms with Gasteiger partial charge in [-0.1, -0.05) is 27.7 Å². The molecule has 0 fully saturated rings. The predicted octanol–water partition coefficient (Wildman–Crippen LogP) is 2.76. The van der Waals surface area contributed by atoms with Crippen LogP contribution in [0.25, 0.3) is 0 Å².